The van der Waals surface area contributed by atoms with Crippen molar-refractivity contribution in [1.29, 1.82) is 0 Å². The van der Waals surface area contributed by atoms with Gasteiger partial charge in [0.15, 0.2) is 29.0 Å². The molecule has 60 heavy (non-hydrogen) atoms. The van der Waals surface area contributed by atoms with Gasteiger partial charge in [0.1, 0.15) is 73.1 Å². The number of rotatable bonds is 21. The summed E-state index contributed by atoms with van der Waals surface area (Å²) in [5.41, 5.74) is 0. The highest BCUT2D eigenvalue weighted by Crippen LogP contribution is 2.29. The topological polar surface area (TPSA) is 334 Å². The SMILES string of the molecule is CC(=O)N[C@@H]1[C@@H](O)[C@H](O[C@@H]2O[C@H](CO)[C@H](O)[C@H](O)[C@H]2NC(C)=O)[C@@H](CO)O[C@H]1NC(=S)NCCCCCCCCCCNC(=S)N[C@@H]1O[C@H](CO)[C@@H](O)[C@H](O)[C@H]1NC(C)=O. The Bertz CT molecular complexity index is 1380. The van der Waals surface area contributed by atoms with Crippen LogP contribution in [0.3, 0.4) is 0 Å². The van der Waals surface area contributed by atoms with Gasteiger partial charge in [-0.05, 0) is 37.3 Å². The lowest BCUT2D eigenvalue weighted by atomic mass is 9.94. The first-order valence-corrected chi connectivity index (χ1v) is 21.1. The zero-order valence-corrected chi connectivity index (χ0v) is 35.7. The van der Waals surface area contributed by atoms with E-state index in [1.807, 2.05) is 0 Å². The summed E-state index contributed by atoms with van der Waals surface area (Å²) in [6.45, 7) is 2.92. The van der Waals surface area contributed by atoms with E-state index in [1.54, 1.807) is 0 Å². The molecule has 0 radical (unpaired) electrons. The second-order valence-corrected chi connectivity index (χ2v) is 16.0. The molecule has 3 fully saturated rings. The normalized spacial score (nSPS) is 34.1. The Morgan fingerprint density at radius 3 is 1.30 bits per heavy atom. The summed E-state index contributed by atoms with van der Waals surface area (Å²) in [4.78, 5) is 35.7. The summed E-state index contributed by atoms with van der Waals surface area (Å²) in [6, 6.07) is -3.46. The average Bonchev–Trinajstić information content (AvgIpc) is 3.19. The van der Waals surface area contributed by atoms with Gasteiger partial charge in [-0.15, -0.1) is 0 Å². The highest BCUT2D eigenvalue weighted by Gasteiger charge is 2.52. The fourth-order valence-electron chi connectivity index (χ4n) is 7.24. The Morgan fingerprint density at radius 1 is 0.500 bits per heavy atom. The monoisotopic (exact) mass is 899 g/mol. The largest absolute Gasteiger partial charge is 0.394 e. The lowest BCUT2D eigenvalue weighted by Crippen LogP contribution is -2.71. The zero-order chi connectivity index (χ0) is 44.5. The standard InChI is InChI=1S/C36H65N7O15S2/c1-17(47)39-23-28(52)26(50)20(14-44)55-32(23)42-35(59)37-12-10-8-6-4-5-7-9-11-13-38-36(60)43-33-24(40-18(2)48)30(54)31(22(16-46)56-33)58-34-25(41-19(3)49)29(53)27(51)21(15-45)57-34/h20-34,44-46,50-54H,4-16H2,1-3H3,(H,39,47)(H,40,48)(H,41,49)(H2,37,42,59)(H2,38,43,60)/t20-,21-,22-,23-,24-,25-,26-,27+,28-,29-,30-,31-,32-,33-,34+/m1/s1. The maximum atomic E-state index is 12.2. The third-order valence-electron chi connectivity index (χ3n) is 10.3. The van der Waals surface area contributed by atoms with E-state index in [0.29, 0.717) is 13.1 Å². The van der Waals surface area contributed by atoms with Crippen molar-refractivity contribution in [1.82, 2.24) is 37.2 Å². The number of aliphatic hydroxyl groups is 8. The molecule has 15 atom stereocenters. The molecular weight excluding hydrogens is 835 g/mol. The number of carbonyl (C=O) groups is 3. The minimum Gasteiger partial charge on any atom is -0.394 e. The van der Waals surface area contributed by atoms with Crippen LogP contribution in [0.5, 0.6) is 0 Å². The van der Waals surface area contributed by atoms with E-state index in [-0.39, 0.29) is 10.2 Å². The molecule has 0 unspecified atom stereocenters. The molecule has 0 bridgehead atoms. The maximum absolute atomic E-state index is 12.2. The molecule has 3 rings (SSSR count). The zero-order valence-electron chi connectivity index (χ0n) is 34.1. The lowest BCUT2D eigenvalue weighted by Gasteiger charge is -2.48. The molecule has 0 aromatic rings. The number of ether oxygens (including phenoxy) is 4. The van der Waals surface area contributed by atoms with E-state index in [1.165, 1.54) is 20.8 Å². The van der Waals surface area contributed by atoms with E-state index in [4.69, 9.17) is 43.4 Å². The summed E-state index contributed by atoms with van der Waals surface area (Å²) < 4.78 is 23.2. The second-order valence-electron chi connectivity index (χ2n) is 15.1. The predicted octanol–water partition coefficient (Wildman–Crippen LogP) is -5.11. The van der Waals surface area contributed by atoms with Gasteiger partial charge in [-0.25, -0.2) is 0 Å². The van der Waals surface area contributed by atoms with Gasteiger partial charge in [0, 0.05) is 33.9 Å². The van der Waals surface area contributed by atoms with Crippen molar-refractivity contribution in [2.45, 2.75) is 164 Å². The fourth-order valence-corrected chi connectivity index (χ4v) is 7.68. The number of hydrogen-bond donors (Lipinski definition) is 15. The summed E-state index contributed by atoms with van der Waals surface area (Å²) >= 11 is 10.8. The summed E-state index contributed by atoms with van der Waals surface area (Å²) in [5.74, 6) is -1.53. The highest BCUT2D eigenvalue weighted by molar-refractivity contribution is 7.80. The first-order valence-electron chi connectivity index (χ1n) is 20.3. The van der Waals surface area contributed by atoms with E-state index in [2.05, 4.69) is 37.2 Å². The number of aliphatic hydroxyl groups excluding tert-OH is 8. The molecular formula is C36H65N7O15S2. The second kappa shape index (κ2) is 26.1. The molecule has 22 nitrogen and oxygen atoms in total. The molecule has 0 aliphatic carbocycles. The van der Waals surface area contributed by atoms with E-state index < -0.39 is 129 Å². The molecule has 3 heterocycles. The van der Waals surface area contributed by atoms with Crippen molar-refractivity contribution < 1.29 is 74.2 Å². The van der Waals surface area contributed by atoms with Gasteiger partial charge in [0.05, 0.1) is 19.8 Å². The first kappa shape index (κ1) is 51.7. The van der Waals surface area contributed by atoms with Crippen molar-refractivity contribution in [3.8, 4) is 0 Å². The van der Waals surface area contributed by atoms with Crippen LogP contribution in [-0.4, -0.2) is 194 Å². The number of amides is 3. The van der Waals surface area contributed by atoms with Crippen LogP contribution in [0.2, 0.25) is 0 Å². The first-order chi connectivity index (χ1) is 28.5. The Hall–Kier alpha value is -2.69. The molecule has 0 saturated carbocycles. The summed E-state index contributed by atoms with van der Waals surface area (Å²) in [5, 5.41) is 102. The quantitative estimate of drug-likeness (QED) is 0.0378. The van der Waals surface area contributed by atoms with Gasteiger partial charge in [0.2, 0.25) is 17.7 Å². The highest BCUT2D eigenvalue weighted by atomic mass is 32.1. The number of unbranched alkanes of at least 4 members (excludes halogenated alkanes) is 7. The van der Waals surface area contributed by atoms with Crippen molar-refractivity contribution in [2.75, 3.05) is 32.9 Å². The Kier molecular flexibility index (Phi) is 22.4. The van der Waals surface area contributed by atoms with Crippen molar-refractivity contribution in [3.05, 3.63) is 0 Å². The van der Waals surface area contributed by atoms with Crippen LogP contribution in [0.1, 0.15) is 72.1 Å². The Labute approximate surface area is 359 Å². The van der Waals surface area contributed by atoms with Gasteiger partial charge >= 0.3 is 0 Å². The minimum absolute atomic E-state index is 0.177. The number of thiocarbonyl (C=S) groups is 2. The van der Waals surface area contributed by atoms with Crippen LogP contribution in [0, 0.1) is 0 Å². The van der Waals surface area contributed by atoms with Crippen LogP contribution >= 0.6 is 24.4 Å². The predicted molar refractivity (Wildman–Crippen MR) is 219 cm³/mol. The number of hydrogen-bond acceptors (Lipinski definition) is 17. The van der Waals surface area contributed by atoms with Crippen LogP contribution in [0.15, 0.2) is 0 Å². The third-order valence-corrected chi connectivity index (χ3v) is 10.9. The molecule has 0 aromatic carbocycles. The van der Waals surface area contributed by atoms with E-state index >= 15 is 0 Å². The lowest BCUT2D eigenvalue weighted by molar-refractivity contribution is -0.315. The Balaban J connectivity index is 1.35. The third kappa shape index (κ3) is 15.6. The number of nitrogens with one attached hydrogen (secondary N) is 7. The fraction of sp³-hybridized carbons (Fsp3) is 0.861. The minimum atomic E-state index is -1.62. The van der Waals surface area contributed by atoms with E-state index in [9.17, 15) is 55.2 Å². The van der Waals surface area contributed by atoms with Gasteiger partial charge in [-0.3, -0.25) is 14.4 Å². The maximum Gasteiger partial charge on any atom is 0.217 e. The molecule has 24 heteroatoms. The average molecular weight is 900 g/mol. The van der Waals surface area contributed by atoms with Crippen molar-refractivity contribution in [2.24, 2.45) is 0 Å². The van der Waals surface area contributed by atoms with E-state index in [0.717, 1.165) is 51.4 Å². The molecule has 346 valence electrons. The van der Waals surface area contributed by atoms with Crippen LogP contribution in [-0.2, 0) is 33.3 Å². The van der Waals surface area contributed by atoms with Crippen LogP contribution < -0.4 is 37.2 Å². The summed E-state index contributed by atoms with van der Waals surface area (Å²) in [7, 11) is 0. The molecule has 3 amide bonds. The van der Waals surface area contributed by atoms with Gasteiger partial charge in [-0.1, -0.05) is 38.5 Å². The summed E-state index contributed by atoms with van der Waals surface area (Å²) in [6.07, 6.45) is -8.32. The van der Waals surface area contributed by atoms with Gasteiger partial charge in [-0.2, -0.15) is 0 Å². The smallest absolute Gasteiger partial charge is 0.217 e. The molecule has 15 N–H and O–H groups in total. The van der Waals surface area contributed by atoms with Gasteiger partial charge < -0.3 is 97.0 Å². The van der Waals surface area contributed by atoms with Crippen LogP contribution in [0.4, 0.5) is 0 Å². The molecule has 3 aliphatic heterocycles. The van der Waals surface area contributed by atoms with Crippen molar-refractivity contribution >= 4 is 52.4 Å². The number of carbonyl (C=O) groups excluding carboxylic acids is 3. The van der Waals surface area contributed by atoms with Crippen molar-refractivity contribution in [3.63, 3.8) is 0 Å². The molecule has 0 aromatic heterocycles. The molecule has 0 spiro atoms. The Morgan fingerprint density at radius 2 is 0.867 bits per heavy atom. The molecule has 3 aliphatic rings. The van der Waals surface area contributed by atoms with Crippen LogP contribution in [0.25, 0.3) is 0 Å². The molecule has 3 saturated heterocycles. The van der Waals surface area contributed by atoms with Gasteiger partial charge in [0.25, 0.3) is 0 Å².